The molecule has 0 aromatic carbocycles. The van der Waals surface area contributed by atoms with Gasteiger partial charge in [-0.05, 0) is 44.9 Å². The van der Waals surface area contributed by atoms with E-state index in [0.29, 0.717) is 18.6 Å². The van der Waals surface area contributed by atoms with Crippen molar-refractivity contribution in [1.82, 2.24) is 14.8 Å². The van der Waals surface area contributed by atoms with Crippen molar-refractivity contribution in [2.45, 2.75) is 49.0 Å². The summed E-state index contributed by atoms with van der Waals surface area (Å²) in [6.07, 6.45) is 3.87. The highest BCUT2D eigenvalue weighted by molar-refractivity contribution is 7.91. The smallest absolute Gasteiger partial charge is 0.253 e. The Morgan fingerprint density at radius 2 is 2.04 bits per heavy atom. The summed E-state index contributed by atoms with van der Waals surface area (Å²) in [4.78, 5) is 12.3. The van der Waals surface area contributed by atoms with Crippen LogP contribution >= 0.6 is 11.3 Å². The Morgan fingerprint density at radius 3 is 2.62 bits per heavy atom. The van der Waals surface area contributed by atoms with Crippen LogP contribution in [0, 0.1) is 0 Å². The fourth-order valence-electron chi connectivity index (χ4n) is 3.45. The van der Waals surface area contributed by atoms with E-state index < -0.39 is 10.0 Å². The molecule has 3 rings (SSSR count). The molecule has 2 aromatic heterocycles. The molecule has 7 nitrogen and oxygen atoms in total. The molecule has 2 aromatic rings. The minimum atomic E-state index is -3.63. The number of thiophene rings is 1. The quantitative estimate of drug-likeness (QED) is 0.786. The lowest BCUT2D eigenvalue weighted by atomic mass is 9.95. The summed E-state index contributed by atoms with van der Waals surface area (Å²) in [5.41, 5.74) is 0. The van der Waals surface area contributed by atoms with Crippen molar-refractivity contribution >= 4 is 27.3 Å². The number of rotatable bonds is 5. The Balaban J connectivity index is 1.81. The molecule has 0 bridgehead atoms. The Morgan fingerprint density at radius 1 is 1.35 bits per heavy atom. The highest BCUT2D eigenvalue weighted by Crippen LogP contribution is 2.36. The number of hydrogen-bond donors (Lipinski definition) is 1. The number of nitrogens with one attached hydrogen (secondary N) is 1. The molecule has 1 saturated heterocycles. The number of aromatic nitrogens is 1. The fraction of sp³-hybridized carbons (Fsp3) is 0.412. The first-order valence-corrected chi connectivity index (χ1v) is 10.6. The second-order valence-corrected chi connectivity index (χ2v) is 9.56. The molecule has 9 heteroatoms. The maximum Gasteiger partial charge on any atom is 0.253 e. The van der Waals surface area contributed by atoms with E-state index in [0.717, 1.165) is 16.2 Å². The first-order chi connectivity index (χ1) is 12.3. The third-order valence-corrected chi connectivity index (χ3v) is 8.14. The second-order valence-electron chi connectivity index (χ2n) is 6.41. The van der Waals surface area contributed by atoms with Gasteiger partial charge in [0.15, 0.2) is 5.76 Å². The number of carbonyl (C=O) groups is 1. The Hall–Kier alpha value is -1.97. The number of nitrogens with zero attached hydrogens (tertiary/aromatic N) is 2. The molecule has 1 aliphatic rings. The van der Waals surface area contributed by atoms with Gasteiger partial charge in [-0.2, -0.15) is 4.31 Å². The SMILES string of the molecule is C=CC(=O)NC1CC(C)N(S(=O)(=O)c2ccc(-c3ccno3)s2)C(C)C1. The lowest BCUT2D eigenvalue weighted by Crippen LogP contribution is -2.54. The predicted molar refractivity (Wildman–Crippen MR) is 99.1 cm³/mol. The summed E-state index contributed by atoms with van der Waals surface area (Å²) in [7, 11) is -3.63. The molecule has 1 amide bonds. The zero-order valence-electron chi connectivity index (χ0n) is 14.6. The highest BCUT2D eigenvalue weighted by atomic mass is 32.2. The number of amides is 1. The summed E-state index contributed by atoms with van der Waals surface area (Å²) >= 11 is 1.16. The first-order valence-electron chi connectivity index (χ1n) is 8.30. The minimum absolute atomic E-state index is 0.0648. The summed E-state index contributed by atoms with van der Waals surface area (Å²) in [6, 6.07) is 4.50. The van der Waals surface area contributed by atoms with Gasteiger partial charge < -0.3 is 9.84 Å². The van der Waals surface area contributed by atoms with Gasteiger partial charge in [-0.1, -0.05) is 11.7 Å². The molecule has 1 N–H and O–H groups in total. The monoisotopic (exact) mass is 395 g/mol. The molecule has 2 unspecified atom stereocenters. The fourth-order valence-corrected chi connectivity index (χ4v) is 6.66. The lowest BCUT2D eigenvalue weighted by molar-refractivity contribution is -0.117. The predicted octanol–water partition coefficient (Wildman–Crippen LogP) is 2.64. The van der Waals surface area contributed by atoms with Gasteiger partial charge in [0.2, 0.25) is 5.91 Å². The Labute approximate surface area is 156 Å². The Bertz CT molecular complexity index is 877. The van der Waals surface area contributed by atoms with Crippen LogP contribution in [0.5, 0.6) is 0 Å². The van der Waals surface area contributed by atoms with E-state index in [1.54, 1.807) is 22.5 Å². The van der Waals surface area contributed by atoms with Gasteiger partial charge in [0.05, 0.1) is 11.1 Å². The molecule has 0 spiro atoms. The normalized spacial score (nSPS) is 24.3. The van der Waals surface area contributed by atoms with Crippen LogP contribution in [0.3, 0.4) is 0 Å². The van der Waals surface area contributed by atoms with Gasteiger partial charge in [0, 0.05) is 24.2 Å². The second kappa shape index (κ2) is 7.34. The molecule has 2 atom stereocenters. The molecular weight excluding hydrogens is 374 g/mol. The minimum Gasteiger partial charge on any atom is -0.355 e. The largest absolute Gasteiger partial charge is 0.355 e. The van der Waals surface area contributed by atoms with Gasteiger partial charge in [-0.15, -0.1) is 11.3 Å². The van der Waals surface area contributed by atoms with Crippen LogP contribution in [0.2, 0.25) is 0 Å². The van der Waals surface area contributed by atoms with E-state index in [4.69, 9.17) is 4.52 Å². The molecule has 140 valence electrons. The van der Waals surface area contributed by atoms with Crippen LogP contribution in [-0.2, 0) is 14.8 Å². The molecule has 1 aliphatic heterocycles. The van der Waals surface area contributed by atoms with Gasteiger partial charge in [0.25, 0.3) is 10.0 Å². The molecule has 26 heavy (non-hydrogen) atoms. The number of piperidine rings is 1. The average Bonchev–Trinajstić information content (AvgIpc) is 3.25. The summed E-state index contributed by atoms with van der Waals surface area (Å²) < 4.78 is 33.2. The standard InChI is InChI=1S/C17H21N3O4S2/c1-4-16(21)19-13-9-11(2)20(12(3)10-13)26(22,23)17-6-5-15(25-17)14-7-8-18-24-14/h4-8,11-13H,1,9-10H2,2-3H3,(H,19,21). The van der Waals surface area contributed by atoms with E-state index in [1.807, 2.05) is 13.8 Å². The van der Waals surface area contributed by atoms with Crippen molar-refractivity contribution in [1.29, 1.82) is 0 Å². The summed E-state index contributed by atoms with van der Waals surface area (Å²) in [5, 5.41) is 6.52. The third kappa shape index (κ3) is 3.60. The summed E-state index contributed by atoms with van der Waals surface area (Å²) in [6.45, 7) is 7.18. The van der Waals surface area contributed by atoms with Crippen molar-refractivity contribution in [2.24, 2.45) is 0 Å². The zero-order valence-corrected chi connectivity index (χ0v) is 16.2. The van der Waals surface area contributed by atoms with Crippen molar-refractivity contribution in [2.75, 3.05) is 0 Å². The number of carbonyl (C=O) groups excluding carboxylic acids is 1. The van der Waals surface area contributed by atoms with E-state index in [2.05, 4.69) is 17.1 Å². The van der Waals surface area contributed by atoms with Crippen molar-refractivity contribution < 1.29 is 17.7 Å². The van der Waals surface area contributed by atoms with Gasteiger partial charge in [0.1, 0.15) is 4.21 Å². The summed E-state index contributed by atoms with van der Waals surface area (Å²) in [5.74, 6) is 0.309. The Kier molecular flexibility index (Phi) is 5.31. The van der Waals surface area contributed by atoms with Gasteiger partial charge in [-0.3, -0.25) is 4.79 Å². The van der Waals surface area contributed by atoms with Crippen LogP contribution in [0.4, 0.5) is 0 Å². The van der Waals surface area contributed by atoms with Crippen molar-refractivity contribution in [3.05, 3.63) is 37.1 Å². The molecule has 1 fully saturated rings. The number of hydrogen-bond acceptors (Lipinski definition) is 6. The van der Waals surface area contributed by atoms with Crippen molar-refractivity contribution in [3.63, 3.8) is 0 Å². The molecule has 0 aliphatic carbocycles. The van der Waals surface area contributed by atoms with Crippen LogP contribution in [0.15, 0.2) is 45.8 Å². The van der Waals surface area contributed by atoms with E-state index >= 15 is 0 Å². The van der Waals surface area contributed by atoms with Crippen LogP contribution in [-0.4, -0.2) is 41.9 Å². The highest BCUT2D eigenvalue weighted by Gasteiger charge is 2.40. The maximum atomic E-state index is 13.2. The molecule has 0 radical (unpaired) electrons. The molecule has 3 heterocycles. The average molecular weight is 396 g/mol. The lowest BCUT2D eigenvalue weighted by Gasteiger charge is -2.41. The third-order valence-electron chi connectivity index (χ3n) is 4.45. The number of sulfonamides is 1. The molecular formula is C17H21N3O4S2. The van der Waals surface area contributed by atoms with Crippen molar-refractivity contribution in [3.8, 4) is 10.6 Å². The zero-order chi connectivity index (χ0) is 18.9. The van der Waals surface area contributed by atoms with Crippen LogP contribution in [0.1, 0.15) is 26.7 Å². The topological polar surface area (TPSA) is 92.5 Å². The first kappa shape index (κ1) is 18.8. The van der Waals surface area contributed by atoms with Gasteiger partial charge >= 0.3 is 0 Å². The van der Waals surface area contributed by atoms with E-state index in [9.17, 15) is 13.2 Å². The van der Waals surface area contributed by atoms with Crippen LogP contribution in [0.25, 0.3) is 10.6 Å². The van der Waals surface area contributed by atoms with Crippen LogP contribution < -0.4 is 5.32 Å². The maximum absolute atomic E-state index is 13.2. The van der Waals surface area contributed by atoms with Gasteiger partial charge in [-0.25, -0.2) is 8.42 Å². The van der Waals surface area contributed by atoms with E-state index in [1.165, 1.54) is 12.3 Å². The molecule has 0 saturated carbocycles. The van der Waals surface area contributed by atoms with E-state index in [-0.39, 0.29) is 28.2 Å².